The Bertz CT molecular complexity index is 653. The van der Waals surface area contributed by atoms with Gasteiger partial charge >= 0.3 is 5.97 Å². The second-order valence-corrected chi connectivity index (χ2v) is 7.47. The Kier molecular flexibility index (Phi) is 8.78. The molecule has 0 unspecified atom stereocenters. The van der Waals surface area contributed by atoms with E-state index in [0.29, 0.717) is 25.3 Å². The zero-order valence-corrected chi connectivity index (χ0v) is 16.2. The van der Waals surface area contributed by atoms with Crippen LogP contribution in [0.5, 0.6) is 5.75 Å². The molecule has 1 aliphatic carbocycles. The van der Waals surface area contributed by atoms with Crippen molar-refractivity contribution in [1.29, 1.82) is 0 Å². The summed E-state index contributed by atoms with van der Waals surface area (Å²) in [4.78, 5) is 35.6. The molecule has 0 spiro atoms. The first-order chi connectivity index (χ1) is 13.4. The number of aromatic hydroxyl groups is 1. The van der Waals surface area contributed by atoms with Crippen molar-refractivity contribution in [3.8, 4) is 5.75 Å². The summed E-state index contributed by atoms with van der Waals surface area (Å²) >= 11 is 0. The van der Waals surface area contributed by atoms with E-state index >= 15 is 0 Å². The van der Waals surface area contributed by atoms with Crippen LogP contribution in [0.3, 0.4) is 0 Å². The van der Waals surface area contributed by atoms with Gasteiger partial charge in [-0.1, -0.05) is 44.2 Å². The number of hydrogen-bond acceptors (Lipinski definition) is 4. The first-order valence-corrected chi connectivity index (χ1v) is 10.0. The van der Waals surface area contributed by atoms with Crippen molar-refractivity contribution >= 4 is 17.8 Å². The van der Waals surface area contributed by atoms with Crippen molar-refractivity contribution in [1.82, 2.24) is 10.6 Å². The van der Waals surface area contributed by atoms with Crippen LogP contribution in [0, 0.1) is 5.92 Å². The summed E-state index contributed by atoms with van der Waals surface area (Å²) in [6.45, 7) is 0.317. The van der Waals surface area contributed by atoms with Crippen LogP contribution in [0.4, 0.5) is 0 Å². The fraction of sp³-hybridized carbons (Fsp3) is 0.571. The van der Waals surface area contributed by atoms with Gasteiger partial charge in [0.2, 0.25) is 11.8 Å². The van der Waals surface area contributed by atoms with Gasteiger partial charge in [-0.2, -0.15) is 0 Å². The molecular weight excluding hydrogens is 360 g/mol. The highest BCUT2D eigenvalue weighted by Gasteiger charge is 2.24. The van der Waals surface area contributed by atoms with E-state index < -0.39 is 24.3 Å². The van der Waals surface area contributed by atoms with Crippen LogP contribution >= 0.6 is 0 Å². The van der Waals surface area contributed by atoms with Crippen molar-refractivity contribution in [2.45, 2.75) is 63.8 Å². The Morgan fingerprint density at radius 3 is 2.39 bits per heavy atom. The van der Waals surface area contributed by atoms with Gasteiger partial charge in [-0.15, -0.1) is 0 Å². The highest BCUT2D eigenvalue weighted by atomic mass is 16.4. The molecule has 0 heterocycles. The van der Waals surface area contributed by atoms with Crippen molar-refractivity contribution in [2.75, 3.05) is 6.54 Å². The predicted octanol–water partition coefficient (Wildman–Crippen LogP) is 2.37. The van der Waals surface area contributed by atoms with Gasteiger partial charge in [0.1, 0.15) is 11.8 Å². The van der Waals surface area contributed by atoms with Gasteiger partial charge in [0, 0.05) is 13.0 Å². The Balaban J connectivity index is 1.77. The minimum atomic E-state index is -1.13. The number of amides is 2. The number of benzene rings is 1. The van der Waals surface area contributed by atoms with Crippen LogP contribution in [-0.4, -0.2) is 40.6 Å². The quantitative estimate of drug-likeness (QED) is 0.489. The summed E-state index contributed by atoms with van der Waals surface area (Å²) in [6, 6.07) is 5.57. The van der Waals surface area contributed by atoms with Crippen LogP contribution in [-0.2, 0) is 20.8 Å². The molecule has 1 aliphatic rings. The molecule has 0 bridgehead atoms. The summed E-state index contributed by atoms with van der Waals surface area (Å²) in [6.07, 6.45) is 7.16. The summed E-state index contributed by atoms with van der Waals surface area (Å²) in [5.41, 5.74) is 0.935. The van der Waals surface area contributed by atoms with Crippen LogP contribution in [0.15, 0.2) is 24.3 Å². The lowest BCUT2D eigenvalue weighted by Crippen LogP contribution is -2.48. The number of nitrogens with one attached hydrogen (secondary N) is 2. The van der Waals surface area contributed by atoms with E-state index in [1.165, 1.54) is 19.3 Å². The normalized spacial score (nSPS) is 15.6. The summed E-state index contributed by atoms with van der Waals surface area (Å²) < 4.78 is 0. The predicted molar refractivity (Wildman–Crippen MR) is 105 cm³/mol. The summed E-state index contributed by atoms with van der Waals surface area (Å²) in [7, 11) is 0. The first kappa shape index (κ1) is 21.7. The third kappa shape index (κ3) is 7.98. The Labute approximate surface area is 165 Å². The highest BCUT2D eigenvalue weighted by Crippen LogP contribution is 2.27. The monoisotopic (exact) mass is 390 g/mol. The van der Waals surface area contributed by atoms with E-state index in [1.807, 2.05) is 0 Å². The van der Waals surface area contributed by atoms with E-state index in [4.69, 9.17) is 5.11 Å². The Hall–Kier alpha value is -2.57. The lowest BCUT2D eigenvalue weighted by Gasteiger charge is -2.22. The number of carbonyl (C=O) groups is 3. The van der Waals surface area contributed by atoms with E-state index in [1.54, 1.807) is 24.3 Å². The van der Waals surface area contributed by atoms with Gasteiger partial charge in [0.15, 0.2) is 0 Å². The third-order valence-electron chi connectivity index (χ3n) is 5.18. The molecule has 154 valence electrons. The molecule has 7 nitrogen and oxygen atoms in total. The number of phenolic OH excluding ortho intramolecular Hbond substituents is 1. The fourth-order valence-electron chi connectivity index (χ4n) is 3.58. The molecular formula is C21H30N2O5. The maximum Gasteiger partial charge on any atom is 0.305 e. The zero-order valence-electron chi connectivity index (χ0n) is 16.2. The molecule has 4 N–H and O–H groups in total. The number of rotatable bonds is 10. The SMILES string of the molecule is O=C(O)C[C@@H](NC(=O)CCC1CCCCC1)C(=O)NCCc1ccc(O)cc1. The minimum absolute atomic E-state index is 0.172. The molecule has 28 heavy (non-hydrogen) atoms. The second-order valence-electron chi connectivity index (χ2n) is 7.47. The number of carbonyl (C=O) groups excluding carboxylic acids is 2. The highest BCUT2D eigenvalue weighted by molar-refractivity contribution is 5.90. The van der Waals surface area contributed by atoms with Gasteiger partial charge in [-0.05, 0) is 36.5 Å². The third-order valence-corrected chi connectivity index (χ3v) is 5.18. The largest absolute Gasteiger partial charge is 0.508 e. The Morgan fingerprint density at radius 2 is 1.75 bits per heavy atom. The van der Waals surface area contributed by atoms with Gasteiger partial charge in [-0.25, -0.2) is 0 Å². The van der Waals surface area contributed by atoms with Gasteiger partial charge in [0.05, 0.1) is 6.42 Å². The molecule has 1 atom stereocenters. The maximum absolute atomic E-state index is 12.3. The van der Waals surface area contributed by atoms with Crippen LogP contribution < -0.4 is 10.6 Å². The first-order valence-electron chi connectivity index (χ1n) is 10.0. The topological polar surface area (TPSA) is 116 Å². The number of carboxylic acids is 1. The molecule has 0 radical (unpaired) electrons. The lowest BCUT2D eigenvalue weighted by atomic mass is 9.86. The van der Waals surface area contributed by atoms with E-state index in [0.717, 1.165) is 24.8 Å². The van der Waals surface area contributed by atoms with Crippen molar-refractivity contribution in [3.63, 3.8) is 0 Å². The lowest BCUT2D eigenvalue weighted by molar-refractivity contribution is -0.140. The molecule has 0 aromatic heterocycles. The van der Waals surface area contributed by atoms with E-state index in [9.17, 15) is 19.5 Å². The number of carboxylic acid groups (broad SMARTS) is 1. The molecule has 2 rings (SSSR count). The standard InChI is InChI=1S/C21H30N2O5/c24-17-9-6-16(7-10-17)12-13-22-21(28)18(14-20(26)27)23-19(25)11-8-15-4-2-1-3-5-15/h6-7,9-10,15,18,24H,1-5,8,11-14H2,(H,22,28)(H,23,25)(H,26,27)/t18-/m1/s1. The molecule has 1 aromatic rings. The average molecular weight is 390 g/mol. The molecule has 2 amide bonds. The summed E-state index contributed by atoms with van der Waals surface area (Å²) in [5.74, 6) is -1.18. The average Bonchev–Trinajstić information content (AvgIpc) is 2.68. The molecule has 1 saturated carbocycles. The van der Waals surface area contributed by atoms with Crippen LogP contribution in [0.2, 0.25) is 0 Å². The smallest absolute Gasteiger partial charge is 0.305 e. The molecule has 0 aliphatic heterocycles. The van der Waals surface area contributed by atoms with Crippen molar-refractivity contribution < 1.29 is 24.6 Å². The molecule has 7 heteroatoms. The van der Waals surface area contributed by atoms with Crippen LogP contribution in [0.25, 0.3) is 0 Å². The van der Waals surface area contributed by atoms with Gasteiger partial charge < -0.3 is 20.8 Å². The van der Waals surface area contributed by atoms with E-state index in [2.05, 4.69) is 10.6 Å². The van der Waals surface area contributed by atoms with Crippen molar-refractivity contribution in [3.05, 3.63) is 29.8 Å². The number of hydrogen-bond donors (Lipinski definition) is 4. The van der Waals surface area contributed by atoms with Gasteiger partial charge in [-0.3, -0.25) is 14.4 Å². The molecule has 1 aromatic carbocycles. The fourth-order valence-corrected chi connectivity index (χ4v) is 3.58. The molecule has 1 fully saturated rings. The second kappa shape index (κ2) is 11.3. The number of phenols is 1. The van der Waals surface area contributed by atoms with E-state index in [-0.39, 0.29) is 11.7 Å². The molecule has 0 saturated heterocycles. The zero-order chi connectivity index (χ0) is 20.4. The summed E-state index contributed by atoms with van der Waals surface area (Å²) in [5, 5.41) is 23.6. The minimum Gasteiger partial charge on any atom is -0.508 e. The van der Waals surface area contributed by atoms with Gasteiger partial charge in [0.25, 0.3) is 0 Å². The van der Waals surface area contributed by atoms with Crippen LogP contribution in [0.1, 0.15) is 56.9 Å². The number of aliphatic carboxylic acids is 1. The maximum atomic E-state index is 12.3. The van der Waals surface area contributed by atoms with Crippen molar-refractivity contribution in [2.24, 2.45) is 5.92 Å². The Morgan fingerprint density at radius 1 is 1.07 bits per heavy atom.